The molecule has 0 saturated carbocycles. The summed E-state index contributed by atoms with van der Waals surface area (Å²) in [4.78, 5) is 2.41. The van der Waals surface area contributed by atoms with Crippen LogP contribution in [-0.4, -0.2) is 0 Å². The van der Waals surface area contributed by atoms with Crippen LogP contribution >= 0.6 is 0 Å². The minimum absolute atomic E-state index is 1.07. The van der Waals surface area contributed by atoms with Crippen LogP contribution in [0.3, 0.4) is 0 Å². The number of nitrogens with zero attached hydrogens (tertiary/aromatic N) is 1. The van der Waals surface area contributed by atoms with Gasteiger partial charge in [0.2, 0.25) is 0 Å². The van der Waals surface area contributed by atoms with Crippen LogP contribution in [0.5, 0.6) is 0 Å². The Balaban J connectivity index is 0.980. The van der Waals surface area contributed by atoms with Crippen molar-refractivity contribution in [2.75, 3.05) is 4.90 Å². The molecule has 0 radical (unpaired) electrons. The van der Waals surface area contributed by atoms with Crippen molar-refractivity contribution in [3.8, 4) is 89.0 Å². The van der Waals surface area contributed by atoms with E-state index in [2.05, 4.69) is 314 Å². The van der Waals surface area contributed by atoms with Gasteiger partial charge in [-0.25, -0.2) is 0 Å². The topological polar surface area (TPSA) is 3.24 Å². The lowest BCUT2D eigenvalue weighted by Gasteiger charge is -2.27. The molecule has 1 heteroatoms. The van der Waals surface area contributed by atoms with Crippen LogP contribution in [0.1, 0.15) is 0 Å². The molecule has 352 valence electrons. The first-order valence-electron chi connectivity index (χ1n) is 25.8. The molecule has 0 aliphatic heterocycles. The van der Waals surface area contributed by atoms with Crippen LogP contribution < -0.4 is 4.90 Å². The van der Waals surface area contributed by atoms with Crippen LogP contribution in [0.2, 0.25) is 0 Å². The summed E-state index contributed by atoms with van der Waals surface area (Å²) in [5.41, 5.74) is 22.4. The molecule has 75 heavy (non-hydrogen) atoms. The van der Waals surface area contributed by atoms with E-state index in [0.717, 1.165) is 28.2 Å². The predicted molar refractivity (Wildman–Crippen MR) is 320 cm³/mol. The van der Waals surface area contributed by atoms with Gasteiger partial charge in [-0.1, -0.05) is 273 Å². The molecule has 0 aromatic heterocycles. The summed E-state index contributed by atoms with van der Waals surface area (Å²) in [6.45, 7) is 0. The van der Waals surface area contributed by atoms with Crippen molar-refractivity contribution in [1.29, 1.82) is 0 Å². The van der Waals surface area contributed by atoms with E-state index in [1.165, 1.54) is 99.4 Å². The van der Waals surface area contributed by atoms with E-state index in [0.29, 0.717) is 0 Å². The van der Waals surface area contributed by atoms with E-state index in [4.69, 9.17) is 0 Å². The molecule has 0 atom stereocenters. The zero-order chi connectivity index (χ0) is 49.9. The van der Waals surface area contributed by atoms with E-state index in [-0.39, 0.29) is 0 Å². The number of hydrogen-bond acceptors (Lipinski definition) is 1. The molecule has 13 aromatic rings. The maximum absolute atomic E-state index is 2.41. The Morgan fingerprint density at radius 1 is 0.173 bits per heavy atom. The average molecular weight is 954 g/mol. The van der Waals surface area contributed by atoms with Gasteiger partial charge in [-0.05, 0) is 147 Å². The second-order valence-electron chi connectivity index (χ2n) is 19.1. The van der Waals surface area contributed by atoms with Gasteiger partial charge in [0.1, 0.15) is 0 Å². The van der Waals surface area contributed by atoms with E-state index >= 15 is 0 Å². The first-order valence-corrected chi connectivity index (χ1v) is 25.8. The Labute approximate surface area is 439 Å². The number of fused-ring (bicyclic) bond motifs is 3. The fraction of sp³-hybridized carbons (Fsp3) is 0. The minimum atomic E-state index is 1.07. The summed E-state index contributed by atoms with van der Waals surface area (Å²) in [5.74, 6) is 0. The molecule has 0 aliphatic carbocycles. The monoisotopic (exact) mass is 953 g/mol. The van der Waals surface area contributed by atoms with E-state index in [1.54, 1.807) is 0 Å². The largest absolute Gasteiger partial charge is 0.310 e. The quantitative estimate of drug-likeness (QED) is 0.117. The molecule has 0 N–H and O–H groups in total. The average Bonchev–Trinajstić information content (AvgIpc) is 3.50. The standard InChI is InChI=1S/C74H51N/c1-7-23-52(24-8-1)63-50-49-62(51-70(63)54-27-11-3-12-28-54)75(60-45-41-55(42-46-60)65-38-21-37-64(53-25-9-2-10-26-53)71(65)57-29-13-4-14-30-57)61-47-43-56(44-48-61)66-39-22-40-69-73(59-33-17-6-18-34-59)72(58-31-15-5-16-32-58)67-35-19-20-36-68(67)74(66)69/h1-51H. The van der Waals surface area contributed by atoms with Crippen molar-refractivity contribution in [2.45, 2.75) is 0 Å². The molecule has 0 aliphatic rings. The minimum Gasteiger partial charge on any atom is -0.310 e. The van der Waals surface area contributed by atoms with Gasteiger partial charge in [-0.3, -0.25) is 0 Å². The van der Waals surface area contributed by atoms with E-state index in [1.807, 2.05) is 0 Å². The number of benzene rings is 13. The Hall–Kier alpha value is -9.82. The second kappa shape index (κ2) is 20.0. The second-order valence-corrected chi connectivity index (χ2v) is 19.1. The predicted octanol–water partition coefficient (Wildman–Crippen LogP) is 20.8. The Kier molecular flexibility index (Phi) is 12.0. The van der Waals surface area contributed by atoms with Gasteiger partial charge in [0.05, 0.1) is 0 Å². The Morgan fingerprint density at radius 2 is 0.507 bits per heavy atom. The molecule has 0 saturated heterocycles. The van der Waals surface area contributed by atoms with E-state index in [9.17, 15) is 0 Å². The highest BCUT2D eigenvalue weighted by molar-refractivity contribution is 6.25. The molecule has 0 amide bonds. The van der Waals surface area contributed by atoms with Crippen molar-refractivity contribution in [2.24, 2.45) is 0 Å². The summed E-state index contributed by atoms with van der Waals surface area (Å²) in [7, 11) is 0. The van der Waals surface area contributed by atoms with Gasteiger partial charge >= 0.3 is 0 Å². The summed E-state index contributed by atoms with van der Waals surface area (Å²) >= 11 is 0. The molecular weight excluding hydrogens is 903 g/mol. The van der Waals surface area contributed by atoms with Crippen LogP contribution in [0, 0.1) is 0 Å². The fourth-order valence-corrected chi connectivity index (χ4v) is 11.3. The Morgan fingerprint density at radius 3 is 1.01 bits per heavy atom. The van der Waals surface area contributed by atoms with Gasteiger partial charge in [-0.2, -0.15) is 0 Å². The lowest BCUT2D eigenvalue weighted by Crippen LogP contribution is -2.10. The van der Waals surface area contributed by atoms with Crippen molar-refractivity contribution < 1.29 is 0 Å². The van der Waals surface area contributed by atoms with E-state index < -0.39 is 0 Å². The molecule has 0 fully saturated rings. The molecule has 0 bridgehead atoms. The fourth-order valence-electron chi connectivity index (χ4n) is 11.3. The Bertz CT molecular complexity index is 4100. The molecule has 13 rings (SSSR count). The molecular formula is C74H51N. The summed E-state index contributed by atoms with van der Waals surface area (Å²) in [6.07, 6.45) is 0. The van der Waals surface area contributed by atoms with Crippen molar-refractivity contribution in [1.82, 2.24) is 0 Å². The van der Waals surface area contributed by atoms with Crippen LogP contribution in [-0.2, 0) is 0 Å². The summed E-state index contributed by atoms with van der Waals surface area (Å²) in [5, 5.41) is 4.97. The highest BCUT2D eigenvalue weighted by Gasteiger charge is 2.22. The number of rotatable bonds is 11. The van der Waals surface area contributed by atoms with Gasteiger partial charge < -0.3 is 4.90 Å². The van der Waals surface area contributed by atoms with Crippen LogP contribution in [0.25, 0.3) is 111 Å². The van der Waals surface area contributed by atoms with Gasteiger partial charge in [-0.15, -0.1) is 0 Å². The van der Waals surface area contributed by atoms with Gasteiger partial charge in [0, 0.05) is 17.1 Å². The van der Waals surface area contributed by atoms with Crippen LogP contribution in [0.15, 0.2) is 309 Å². The van der Waals surface area contributed by atoms with Crippen molar-refractivity contribution in [3.05, 3.63) is 309 Å². The first kappa shape index (κ1) is 45.1. The lowest BCUT2D eigenvalue weighted by molar-refractivity contribution is 1.28. The van der Waals surface area contributed by atoms with Gasteiger partial charge in [0.15, 0.2) is 0 Å². The highest BCUT2D eigenvalue weighted by atomic mass is 15.1. The maximum Gasteiger partial charge on any atom is 0.0468 e. The zero-order valence-electron chi connectivity index (χ0n) is 41.4. The molecule has 0 heterocycles. The first-order chi connectivity index (χ1) is 37.2. The zero-order valence-corrected chi connectivity index (χ0v) is 41.4. The lowest BCUT2D eigenvalue weighted by atomic mass is 9.83. The third kappa shape index (κ3) is 8.57. The van der Waals surface area contributed by atoms with Gasteiger partial charge in [0.25, 0.3) is 0 Å². The maximum atomic E-state index is 2.41. The van der Waals surface area contributed by atoms with Crippen LogP contribution in [0.4, 0.5) is 17.1 Å². The molecule has 1 nitrogen and oxygen atoms in total. The molecule has 0 unspecified atom stereocenters. The smallest absolute Gasteiger partial charge is 0.0468 e. The summed E-state index contributed by atoms with van der Waals surface area (Å²) < 4.78 is 0. The third-order valence-corrected chi connectivity index (χ3v) is 14.7. The SMILES string of the molecule is c1ccc(-c2ccc(N(c3ccc(-c4cccc(-c5ccccc5)c4-c4ccccc4)cc3)c3ccc(-c4cccc5c(-c6ccccc6)c(-c6ccccc6)c6ccccc6c45)cc3)cc2-c2ccccc2)cc1. The van der Waals surface area contributed by atoms with Crippen molar-refractivity contribution in [3.63, 3.8) is 0 Å². The molecule has 13 aromatic carbocycles. The highest BCUT2D eigenvalue weighted by Crippen LogP contribution is 2.49. The number of anilines is 3. The summed E-state index contributed by atoms with van der Waals surface area (Å²) in [6, 6.07) is 113. The normalized spacial score (nSPS) is 11.2. The van der Waals surface area contributed by atoms with Crippen molar-refractivity contribution >= 4 is 38.6 Å². The third-order valence-electron chi connectivity index (χ3n) is 14.7. The molecule has 0 spiro atoms. The number of hydrogen-bond donors (Lipinski definition) is 0.